The Balaban J connectivity index is 1.70. The van der Waals surface area contributed by atoms with Gasteiger partial charge in [-0.1, -0.05) is 30.0 Å². The van der Waals surface area contributed by atoms with E-state index in [1.807, 2.05) is 29.7 Å². The molecule has 0 aliphatic carbocycles. The van der Waals surface area contributed by atoms with Crippen LogP contribution in [0.4, 0.5) is 11.4 Å². The van der Waals surface area contributed by atoms with Gasteiger partial charge in [-0.15, -0.1) is 10.2 Å². The zero-order chi connectivity index (χ0) is 19.2. The largest absolute Gasteiger partial charge is 0.320 e. The first-order valence-electron chi connectivity index (χ1n) is 8.10. The van der Waals surface area contributed by atoms with E-state index in [1.165, 1.54) is 23.9 Å². The predicted octanol–water partition coefficient (Wildman–Crippen LogP) is 3.00. The third-order valence-corrected chi connectivity index (χ3v) is 4.60. The van der Waals surface area contributed by atoms with Gasteiger partial charge in [-0.2, -0.15) is 0 Å². The Morgan fingerprint density at radius 1 is 1.22 bits per heavy atom. The summed E-state index contributed by atoms with van der Waals surface area (Å²) < 4.78 is 1.87. The van der Waals surface area contributed by atoms with E-state index in [1.54, 1.807) is 18.3 Å². The normalized spacial score (nSPS) is 10.6. The van der Waals surface area contributed by atoms with Gasteiger partial charge in [0.05, 0.1) is 10.7 Å². The van der Waals surface area contributed by atoms with Gasteiger partial charge in [0, 0.05) is 18.8 Å². The fourth-order valence-electron chi connectivity index (χ4n) is 2.42. The number of aromatic nitrogens is 4. The summed E-state index contributed by atoms with van der Waals surface area (Å²) in [6, 6.07) is 11.5. The fraction of sp³-hybridized carbons (Fsp3) is 0.176. The van der Waals surface area contributed by atoms with Crippen molar-refractivity contribution in [2.75, 3.05) is 11.1 Å². The highest BCUT2D eigenvalue weighted by atomic mass is 32.2. The minimum Gasteiger partial charge on any atom is -0.320 e. The number of carbonyl (C=O) groups excluding carboxylic acids is 1. The summed E-state index contributed by atoms with van der Waals surface area (Å²) in [5, 5.41) is 22.5. The summed E-state index contributed by atoms with van der Waals surface area (Å²) >= 11 is 1.21. The van der Waals surface area contributed by atoms with Crippen LogP contribution in [0.25, 0.3) is 11.5 Å². The van der Waals surface area contributed by atoms with Gasteiger partial charge in [-0.05, 0) is 25.1 Å². The van der Waals surface area contributed by atoms with Crippen molar-refractivity contribution >= 4 is 29.0 Å². The van der Waals surface area contributed by atoms with Crippen molar-refractivity contribution in [1.29, 1.82) is 0 Å². The Hall–Kier alpha value is -3.27. The van der Waals surface area contributed by atoms with E-state index in [0.29, 0.717) is 23.2 Å². The number of benzene rings is 1. The molecular weight excluding hydrogens is 368 g/mol. The third-order valence-electron chi connectivity index (χ3n) is 3.63. The highest BCUT2D eigenvalue weighted by Gasteiger charge is 2.17. The average molecular weight is 384 g/mol. The van der Waals surface area contributed by atoms with Crippen LogP contribution in [0.5, 0.6) is 0 Å². The van der Waals surface area contributed by atoms with Crippen LogP contribution < -0.4 is 5.32 Å². The van der Waals surface area contributed by atoms with E-state index in [2.05, 4.69) is 20.5 Å². The molecule has 1 aromatic carbocycles. The molecule has 0 unspecified atom stereocenters. The molecule has 0 saturated heterocycles. The highest BCUT2D eigenvalue weighted by Crippen LogP contribution is 2.25. The van der Waals surface area contributed by atoms with E-state index in [-0.39, 0.29) is 23.0 Å². The second-order valence-electron chi connectivity index (χ2n) is 5.38. The van der Waals surface area contributed by atoms with Gasteiger partial charge >= 0.3 is 0 Å². The van der Waals surface area contributed by atoms with E-state index in [9.17, 15) is 14.9 Å². The number of nitrogens with one attached hydrogen (secondary N) is 1. The maximum Gasteiger partial charge on any atom is 0.292 e. The molecule has 0 spiro atoms. The number of amides is 1. The van der Waals surface area contributed by atoms with Crippen LogP contribution in [-0.2, 0) is 11.3 Å². The quantitative estimate of drug-likeness (QED) is 0.378. The molecule has 0 aliphatic heterocycles. The number of nitrogens with zero attached hydrogens (tertiary/aromatic N) is 5. The number of thioether (sulfide) groups is 1. The van der Waals surface area contributed by atoms with Crippen molar-refractivity contribution in [2.45, 2.75) is 18.6 Å². The molecule has 0 radical (unpaired) electrons. The van der Waals surface area contributed by atoms with Crippen molar-refractivity contribution in [1.82, 2.24) is 19.7 Å². The van der Waals surface area contributed by atoms with E-state index in [0.717, 1.165) is 0 Å². The molecule has 138 valence electrons. The fourth-order valence-corrected chi connectivity index (χ4v) is 3.22. The Kier molecular flexibility index (Phi) is 5.77. The topological polar surface area (TPSA) is 116 Å². The molecule has 2 heterocycles. The number of anilines is 1. The van der Waals surface area contributed by atoms with Crippen LogP contribution in [0, 0.1) is 10.1 Å². The summed E-state index contributed by atoms with van der Waals surface area (Å²) in [5.74, 6) is 0.311. The summed E-state index contributed by atoms with van der Waals surface area (Å²) in [6.07, 6.45) is 1.68. The molecule has 0 saturated carbocycles. The molecule has 0 aliphatic rings. The van der Waals surface area contributed by atoms with Crippen LogP contribution >= 0.6 is 11.8 Å². The average Bonchev–Trinajstić information content (AvgIpc) is 3.10. The lowest BCUT2D eigenvalue weighted by molar-refractivity contribution is -0.383. The van der Waals surface area contributed by atoms with Gasteiger partial charge < -0.3 is 9.88 Å². The smallest absolute Gasteiger partial charge is 0.292 e. The van der Waals surface area contributed by atoms with Crippen molar-refractivity contribution in [3.05, 3.63) is 58.8 Å². The number of nitro benzene ring substituents is 1. The zero-order valence-electron chi connectivity index (χ0n) is 14.4. The van der Waals surface area contributed by atoms with Crippen LogP contribution in [0.3, 0.4) is 0 Å². The molecule has 2 aromatic heterocycles. The van der Waals surface area contributed by atoms with Gasteiger partial charge in [-0.25, -0.2) is 0 Å². The summed E-state index contributed by atoms with van der Waals surface area (Å²) in [4.78, 5) is 27.0. The maximum atomic E-state index is 12.2. The monoisotopic (exact) mass is 384 g/mol. The standard InChI is InChI=1S/C17H16N6O3S/c1-2-22-16(13-8-5-6-10-18-13)20-21-17(22)27-11-15(24)19-12-7-3-4-9-14(12)23(25)26/h3-10H,2,11H2,1H3,(H,19,24). The van der Waals surface area contributed by atoms with Crippen molar-refractivity contribution < 1.29 is 9.72 Å². The molecule has 0 atom stereocenters. The second-order valence-corrected chi connectivity index (χ2v) is 6.32. The number of pyridine rings is 1. The van der Waals surface area contributed by atoms with Gasteiger partial charge in [-0.3, -0.25) is 19.9 Å². The third kappa shape index (κ3) is 4.29. The number of carbonyl (C=O) groups is 1. The number of rotatable bonds is 7. The number of nitro groups is 1. The minimum atomic E-state index is -0.532. The van der Waals surface area contributed by atoms with Crippen molar-refractivity contribution in [3.63, 3.8) is 0 Å². The molecule has 1 N–H and O–H groups in total. The number of hydrogen-bond acceptors (Lipinski definition) is 7. The molecule has 3 aromatic rings. The molecule has 1 amide bonds. The molecule has 10 heteroatoms. The van der Waals surface area contributed by atoms with E-state index >= 15 is 0 Å². The Morgan fingerprint density at radius 3 is 2.70 bits per heavy atom. The summed E-state index contributed by atoms with van der Waals surface area (Å²) in [7, 11) is 0. The number of hydrogen-bond donors (Lipinski definition) is 1. The Morgan fingerprint density at radius 2 is 2.00 bits per heavy atom. The minimum absolute atomic E-state index is 0.0480. The molecule has 0 fully saturated rings. The Bertz CT molecular complexity index is 960. The SMILES string of the molecule is CCn1c(SCC(=O)Nc2ccccc2[N+](=O)[O-])nnc1-c1ccccn1. The molecule has 27 heavy (non-hydrogen) atoms. The van der Waals surface area contributed by atoms with E-state index < -0.39 is 4.92 Å². The Labute approximate surface area is 159 Å². The predicted molar refractivity (Wildman–Crippen MR) is 101 cm³/mol. The van der Waals surface area contributed by atoms with Crippen molar-refractivity contribution in [3.8, 4) is 11.5 Å². The molecular formula is C17H16N6O3S. The lowest BCUT2D eigenvalue weighted by Gasteiger charge is -2.07. The van der Waals surface area contributed by atoms with E-state index in [4.69, 9.17) is 0 Å². The van der Waals surface area contributed by atoms with Gasteiger partial charge in [0.2, 0.25) is 5.91 Å². The molecule has 0 bridgehead atoms. The van der Waals surface area contributed by atoms with Crippen molar-refractivity contribution in [2.24, 2.45) is 0 Å². The van der Waals surface area contributed by atoms with Gasteiger partial charge in [0.1, 0.15) is 11.4 Å². The maximum absolute atomic E-state index is 12.2. The number of para-hydroxylation sites is 2. The lowest BCUT2D eigenvalue weighted by atomic mass is 10.2. The van der Waals surface area contributed by atoms with Crippen LogP contribution in [0.2, 0.25) is 0 Å². The first-order valence-corrected chi connectivity index (χ1v) is 9.09. The van der Waals surface area contributed by atoms with Crippen LogP contribution in [0.15, 0.2) is 53.8 Å². The highest BCUT2D eigenvalue weighted by molar-refractivity contribution is 7.99. The molecule has 9 nitrogen and oxygen atoms in total. The first kappa shape index (κ1) is 18.5. The van der Waals surface area contributed by atoms with Gasteiger partial charge in [0.25, 0.3) is 5.69 Å². The van der Waals surface area contributed by atoms with Crippen LogP contribution in [0.1, 0.15) is 6.92 Å². The second kappa shape index (κ2) is 8.41. The van der Waals surface area contributed by atoms with Gasteiger partial charge in [0.15, 0.2) is 11.0 Å². The summed E-state index contributed by atoms with van der Waals surface area (Å²) in [5.41, 5.74) is 0.715. The first-order chi connectivity index (χ1) is 13.1. The molecule has 3 rings (SSSR count). The lowest BCUT2D eigenvalue weighted by Crippen LogP contribution is -2.15. The van der Waals surface area contributed by atoms with Crippen LogP contribution in [-0.4, -0.2) is 36.3 Å². The summed E-state index contributed by atoms with van der Waals surface area (Å²) in [6.45, 7) is 2.57. The zero-order valence-corrected chi connectivity index (χ0v) is 15.2.